The van der Waals surface area contributed by atoms with Crippen molar-refractivity contribution in [1.82, 2.24) is 0 Å². The van der Waals surface area contributed by atoms with Crippen LogP contribution in [0.2, 0.25) is 0 Å². The lowest BCUT2D eigenvalue weighted by Gasteiger charge is -2.15. The number of nitrogens with one attached hydrogen (secondary N) is 2. The van der Waals surface area contributed by atoms with Crippen molar-refractivity contribution >= 4 is 34.7 Å². The first kappa shape index (κ1) is 26.3. The minimum absolute atomic E-state index is 0.0264. The number of ether oxygens (including phenoxy) is 4. The first-order valence-electron chi connectivity index (χ1n) is 10.9. The van der Waals surface area contributed by atoms with E-state index in [1.54, 1.807) is 0 Å². The molecule has 0 spiro atoms. The Kier molecular flexibility index (Phi) is 9.48. The Balaban J connectivity index is 1.80. The highest BCUT2D eigenvalue weighted by Crippen LogP contribution is 2.25. The average Bonchev–Trinajstić information content (AvgIpc) is 2.86. The van der Waals surface area contributed by atoms with E-state index in [1.807, 2.05) is 0 Å². The Morgan fingerprint density at radius 1 is 0.639 bits per heavy atom. The molecular weight excluding hydrogens is 480 g/mol. The smallest absolute Gasteiger partial charge is 0.340 e. The van der Waals surface area contributed by atoms with Gasteiger partial charge in [0.1, 0.15) is 13.2 Å². The SMILES string of the molecule is O=C1OCCOCCOCCOC(=O)c2cc([N+](=O)[O-])ccc2NCCNc2ccc([N+](=O)[O-])cc21. The van der Waals surface area contributed by atoms with Gasteiger partial charge in [-0.3, -0.25) is 20.2 Å². The lowest BCUT2D eigenvalue weighted by Crippen LogP contribution is -2.20. The van der Waals surface area contributed by atoms with Gasteiger partial charge in [0.2, 0.25) is 0 Å². The number of esters is 2. The molecule has 1 heterocycles. The molecular formula is C22H24N4O10. The van der Waals surface area contributed by atoms with Gasteiger partial charge < -0.3 is 29.6 Å². The first-order valence-corrected chi connectivity index (χ1v) is 10.9. The van der Waals surface area contributed by atoms with Crippen LogP contribution < -0.4 is 10.6 Å². The van der Waals surface area contributed by atoms with Gasteiger partial charge in [0.15, 0.2) is 0 Å². The molecule has 0 bridgehead atoms. The zero-order chi connectivity index (χ0) is 25.9. The van der Waals surface area contributed by atoms with Crippen LogP contribution in [0.3, 0.4) is 0 Å². The number of anilines is 2. The highest BCUT2D eigenvalue weighted by Gasteiger charge is 2.20. The summed E-state index contributed by atoms with van der Waals surface area (Å²) < 4.78 is 21.0. The lowest BCUT2D eigenvalue weighted by atomic mass is 10.1. The number of carbonyl (C=O) groups is 2. The summed E-state index contributed by atoms with van der Waals surface area (Å²) in [6.45, 7) is 0.859. The maximum atomic E-state index is 12.6. The molecule has 0 aliphatic carbocycles. The molecule has 2 N–H and O–H groups in total. The Hall–Kier alpha value is -4.30. The number of nitrogens with zero attached hydrogens (tertiary/aromatic N) is 2. The zero-order valence-corrected chi connectivity index (χ0v) is 19.1. The second kappa shape index (κ2) is 13.0. The van der Waals surface area contributed by atoms with Crippen molar-refractivity contribution in [2.45, 2.75) is 0 Å². The second-order valence-corrected chi connectivity index (χ2v) is 7.32. The largest absolute Gasteiger partial charge is 0.460 e. The van der Waals surface area contributed by atoms with Gasteiger partial charge in [-0.2, -0.15) is 0 Å². The van der Waals surface area contributed by atoms with E-state index in [4.69, 9.17) is 18.9 Å². The molecule has 14 heteroatoms. The minimum Gasteiger partial charge on any atom is -0.460 e. The van der Waals surface area contributed by atoms with E-state index in [0.29, 0.717) is 11.4 Å². The quantitative estimate of drug-likeness (QED) is 0.347. The third kappa shape index (κ3) is 7.35. The Labute approximate surface area is 204 Å². The van der Waals surface area contributed by atoms with Crippen molar-refractivity contribution in [3.8, 4) is 0 Å². The number of carbonyl (C=O) groups excluding carboxylic acids is 2. The van der Waals surface area contributed by atoms with Gasteiger partial charge in [0.25, 0.3) is 11.4 Å². The Morgan fingerprint density at radius 3 is 1.42 bits per heavy atom. The van der Waals surface area contributed by atoms with Crippen LogP contribution in [0.25, 0.3) is 0 Å². The third-order valence-electron chi connectivity index (χ3n) is 4.92. The molecule has 1 aliphatic rings. The van der Waals surface area contributed by atoms with Crippen LogP contribution >= 0.6 is 0 Å². The second-order valence-electron chi connectivity index (χ2n) is 7.32. The average molecular weight is 504 g/mol. The van der Waals surface area contributed by atoms with Gasteiger partial charge in [0, 0.05) is 48.7 Å². The van der Waals surface area contributed by atoms with Crippen molar-refractivity contribution < 1.29 is 38.4 Å². The lowest BCUT2D eigenvalue weighted by molar-refractivity contribution is -0.385. The van der Waals surface area contributed by atoms with Crippen molar-refractivity contribution in [2.24, 2.45) is 0 Å². The Morgan fingerprint density at radius 2 is 1.03 bits per heavy atom. The Bertz CT molecular complexity index is 1040. The van der Waals surface area contributed by atoms with Crippen LogP contribution in [0.15, 0.2) is 36.4 Å². The number of hydrogen-bond acceptors (Lipinski definition) is 12. The number of benzene rings is 2. The van der Waals surface area contributed by atoms with E-state index < -0.39 is 21.8 Å². The molecule has 192 valence electrons. The molecule has 0 aromatic heterocycles. The fraction of sp³-hybridized carbons (Fsp3) is 0.364. The molecule has 0 saturated carbocycles. The number of rotatable bonds is 2. The number of nitro benzene ring substituents is 2. The predicted octanol–water partition coefficient (Wildman–Crippen LogP) is 2.39. The summed E-state index contributed by atoms with van der Waals surface area (Å²) in [7, 11) is 0. The fourth-order valence-corrected chi connectivity index (χ4v) is 3.20. The molecule has 0 fully saturated rings. The highest BCUT2D eigenvalue weighted by molar-refractivity contribution is 5.97. The first-order chi connectivity index (χ1) is 17.4. The summed E-state index contributed by atoms with van der Waals surface area (Å²) in [6.07, 6.45) is 0. The van der Waals surface area contributed by atoms with Crippen LogP contribution in [0.4, 0.5) is 22.7 Å². The summed E-state index contributed by atoms with van der Waals surface area (Å²) in [5, 5.41) is 28.3. The zero-order valence-electron chi connectivity index (χ0n) is 19.1. The summed E-state index contributed by atoms with van der Waals surface area (Å²) in [6, 6.07) is 7.51. The third-order valence-corrected chi connectivity index (χ3v) is 4.92. The van der Waals surface area contributed by atoms with Crippen LogP contribution in [0.1, 0.15) is 20.7 Å². The van der Waals surface area contributed by atoms with Crippen molar-refractivity contribution in [2.75, 3.05) is 63.4 Å². The number of non-ortho nitro benzene ring substituents is 2. The highest BCUT2D eigenvalue weighted by atomic mass is 16.6. The number of nitro groups is 2. The standard InChI is InChI=1S/C22H24N4O10/c27-21-17-13-15(25(29)30)1-3-19(17)23-5-6-24-20-4-2-16(26(31)32)14-18(20)22(28)36-12-10-34-8-7-33-9-11-35-21/h1-4,13-14,23-24H,5-12H2. The number of hydrogen-bond donors (Lipinski definition) is 2. The number of fused-ring (bicyclic) bond motifs is 2. The molecule has 14 nitrogen and oxygen atoms in total. The van der Waals surface area contributed by atoms with E-state index in [1.165, 1.54) is 24.3 Å². The van der Waals surface area contributed by atoms with Gasteiger partial charge in [-0.25, -0.2) is 9.59 Å². The maximum absolute atomic E-state index is 12.6. The van der Waals surface area contributed by atoms with E-state index in [-0.39, 0.29) is 75.2 Å². The normalized spacial score (nSPS) is 16.1. The van der Waals surface area contributed by atoms with Crippen molar-refractivity contribution in [3.05, 3.63) is 67.8 Å². The molecule has 0 saturated heterocycles. The maximum Gasteiger partial charge on any atom is 0.340 e. The molecule has 0 radical (unpaired) electrons. The molecule has 3 rings (SSSR count). The topological polar surface area (TPSA) is 181 Å². The molecule has 2 aromatic rings. The van der Waals surface area contributed by atoms with Crippen molar-refractivity contribution in [1.29, 1.82) is 0 Å². The van der Waals surface area contributed by atoms with E-state index >= 15 is 0 Å². The van der Waals surface area contributed by atoms with Crippen molar-refractivity contribution in [3.63, 3.8) is 0 Å². The van der Waals surface area contributed by atoms with E-state index in [9.17, 15) is 29.8 Å². The molecule has 0 amide bonds. The summed E-state index contributed by atoms with van der Waals surface area (Å²) >= 11 is 0. The van der Waals surface area contributed by atoms with Gasteiger partial charge >= 0.3 is 11.9 Å². The van der Waals surface area contributed by atoms with Crippen LogP contribution in [0, 0.1) is 20.2 Å². The summed E-state index contributed by atoms with van der Waals surface area (Å²) in [5.74, 6) is -1.52. The van der Waals surface area contributed by atoms with Crippen LogP contribution in [-0.4, -0.2) is 74.5 Å². The van der Waals surface area contributed by atoms with Crippen LogP contribution in [0.5, 0.6) is 0 Å². The summed E-state index contributed by atoms with van der Waals surface area (Å²) in [4.78, 5) is 46.2. The molecule has 1 aliphatic heterocycles. The van der Waals surface area contributed by atoms with E-state index in [0.717, 1.165) is 12.1 Å². The molecule has 0 atom stereocenters. The molecule has 0 unspecified atom stereocenters. The summed E-state index contributed by atoms with van der Waals surface area (Å²) in [5.41, 5.74) is 0.00650. The molecule has 36 heavy (non-hydrogen) atoms. The van der Waals surface area contributed by atoms with Crippen LogP contribution in [-0.2, 0) is 18.9 Å². The fourth-order valence-electron chi connectivity index (χ4n) is 3.20. The van der Waals surface area contributed by atoms with Gasteiger partial charge in [-0.15, -0.1) is 0 Å². The van der Waals surface area contributed by atoms with Gasteiger partial charge in [-0.05, 0) is 12.1 Å². The molecule has 2 aromatic carbocycles. The van der Waals surface area contributed by atoms with Gasteiger partial charge in [-0.1, -0.05) is 0 Å². The number of cyclic esters (lactones) is 2. The monoisotopic (exact) mass is 504 g/mol. The van der Waals surface area contributed by atoms with Gasteiger partial charge in [0.05, 0.1) is 47.4 Å². The van der Waals surface area contributed by atoms with E-state index in [2.05, 4.69) is 10.6 Å². The minimum atomic E-state index is -0.760. The predicted molar refractivity (Wildman–Crippen MR) is 125 cm³/mol.